The molecular weight excluding hydrogens is 625 g/mol. The quantitative estimate of drug-likeness (QED) is 0.142. The maximum absolute atomic E-state index is 13.5. The van der Waals surface area contributed by atoms with E-state index in [0.29, 0.717) is 42.2 Å². The highest BCUT2D eigenvalue weighted by Gasteiger charge is 2.40. The zero-order chi connectivity index (χ0) is 32.6. The van der Waals surface area contributed by atoms with Gasteiger partial charge >= 0.3 is 6.09 Å². The number of carbonyl (C=O) groups excluding carboxylic acids is 1. The zero-order valence-corrected chi connectivity index (χ0v) is 29.7. The van der Waals surface area contributed by atoms with Crippen molar-refractivity contribution in [2.75, 3.05) is 26.4 Å². The average molecular weight is 671 g/mol. The number of hydrogen-bond donors (Lipinski definition) is 0. The number of ether oxygens (including phenoxy) is 3. The molecule has 6 nitrogen and oxygen atoms in total. The highest BCUT2D eigenvalue weighted by Crippen LogP contribution is 2.38. The first-order valence-corrected chi connectivity index (χ1v) is 19.2. The van der Waals surface area contributed by atoms with E-state index in [2.05, 4.69) is 59.0 Å². The van der Waals surface area contributed by atoms with Gasteiger partial charge in [0.05, 0.1) is 22.7 Å². The number of hydrogen-bond acceptors (Lipinski definition) is 5. The standard InChI is InChI=1S/C36H45Cl2NO5Si/c1-7-27-23-39(35(40)43-24-26-12-9-8-10-13-26)29(25-44-45(5,6)36(2,3)4)22-31(27)28-16-18-30(19-17-28)41-20-21-42-34-32(37)14-11-15-33(34)38/h8-19,22,27,29H,7,20-21,23-25H2,1-6H3. The third kappa shape index (κ3) is 9.29. The van der Waals surface area contributed by atoms with Crippen LogP contribution in [0.25, 0.3) is 5.57 Å². The van der Waals surface area contributed by atoms with Gasteiger partial charge in [0.25, 0.3) is 0 Å². The Bertz CT molecular complexity index is 1420. The lowest BCUT2D eigenvalue weighted by atomic mass is 9.85. The lowest BCUT2D eigenvalue weighted by Crippen LogP contribution is -2.50. The van der Waals surface area contributed by atoms with Gasteiger partial charge in [0.1, 0.15) is 25.6 Å². The van der Waals surface area contributed by atoms with Crippen molar-refractivity contribution in [3.8, 4) is 11.5 Å². The molecule has 45 heavy (non-hydrogen) atoms. The van der Waals surface area contributed by atoms with Crippen molar-refractivity contribution in [2.24, 2.45) is 5.92 Å². The molecule has 1 amide bonds. The lowest BCUT2D eigenvalue weighted by Gasteiger charge is -2.41. The summed E-state index contributed by atoms with van der Waals surface area (Å²) < 4.78 is 24.1. The number of rotatable bonds is 12. The second kappa shape index (κ2) is 15.5. The summed E-state index contributed by atoms with van der Waals surface area (Å²) >= 11 is 12.4. The van der Waals surface area contributed by atoms with E-state index in [-0.39, 0.29) is 29.7 Å². The van der Waals surface area contributed by atoms with Crippen LogP contribution in [0.5, 0.6) is 11.5 Å². The highest BCUT2D eigenvalue weighted by atomic mass is 35.5. The molecule has 242 valence electrons. The first-order valence-electron chi connectivity index (χ1n) is 15.5. The predicted octanol–water partition coefficient (Wildman–Crippen LogP) is 9.90. The molecule has 3 aromatic rings. The Kier molecular flexibility index (Phi) is 12.1. The molecule has 2 atom stereocenters. The molecule has 1 aliphatic heterocycles. The van der Waals surface area contributed by atoms with Gasteiger partial charge in [-0.1, -0.05) is 106 Å². The summed E-state index contributed by atoms with van der Waals surface area (Å²) in [7, 11) is -2.05. The molecule has 0 radical (unpaired) electrons. The van der Waals surface area contributed by atoms with Gasteiger partial charge in [-0.2, -0.15) is 0 Å². The topological polar surface area (TPSA) is 57.2 Å². The summed E-state index contributed by atoms with van der Waals surface area (Å²) in [5, 5.41) is 0.988. The van der Waals surface area contributed by atoms with E-state index >= 15 is 0 Å². The van der Waals surface area contributed by atoms with E-state index in [1.165, 1.54) is 5.57 Å². The molecule has 1 heterocycles. The normalized spacial score (nSPS) is 17.1. The second-order valence-corrected chi connectivity index (χ2v) is 18.5. The largest absolute Gasteiger partial charge is 0.490 e. The summed E-state index contributed by atoms with van der Waals surface area (Å²) in [6.07, 6.45) is 2.76. The molecule has 2 unspecified atom stereocenters. The van der Waals surface area contributed by atoms with E-state index in [1.54, 1.807) is 18.2 Å². The molecular formula is C36H45Cl2NO5Si. The van der Waals surface area contributed by atoms with Gasteiger partial charge in [0, 0.05) is 12.5 Å². The number of nitrogens with zero attached hydrogens (tertiary/aromatic N) is 1. The maximum atomic E-state index is 13.5. The van der Waals surface area contributed by atoms with Crippen LogP contribution in [0.4, 0.5) is 4.79 Å². The van der Waals surface area contributed by atoms with Gasteiger partial charge in [0.2, 0.25) is 0 Å². The monoisotopic (exact) mass is 669 g/mol. The number of amides is 1. The van der Waals surface area contributed by atoms with E-state index in [1.807, 2.05) is 47.4 Å². The van der Waals surface area contributed by atoms with Crippen molar-refractivity contribution in [2.45, 2.75) is 64.9 Å². The van der Waals surface area contributed by atoms with Gasteiger partial charge in [0.15, 0.2) is 14.1 Å². The number of para-hydroxylation sites is 1. The van der Waals surface area contributed by atoms with E-state index in [4.69, 9.17) is 41.8 Å². The van der Waals surface area contributed by atoms with Crippen LogP contribution in [0.2, 0.25) is 28.2 Å². The molecule has 0 aliphatic carbocycles. The van der Waals surface area contributed by atoms with Crippen molar-refractivity contribution in [1.82, 2.24) is 4.90 Å². The summed E-state index contributed by atoms with van der Waals surface area (Å²) in [5.74, 6) is 1.35. The van der Waals surface area contributed by atoms with Gasteiger partial charge in [-0.3, -0.25) is 4.90 Å². The summed E-state index contributed by atoms with van der Waals surface area (Å²) in [6.45, 7) is 15.2. The van der Waals surface area contributed by atoms with Crippen molar-refractivity contribution in [3.63, 3.8) is 0 Å². The van der Waals surface area contributed by atoms with Crippen molar-refractivity contribution < 1.29 is 23.4 Å². The van der Waals surface area contributed by atoms with Crippen LogP contribution < -0.4 is 9.47 Å². The molecule has 3 aromatic carbocycles. The van der Waals surface area contributed by atoms with Crippen molar-refractivity contribution in [3.05, 3.63) is 100 Å². The Balaban J connectivity index is 1.48. The molecule has 4 rings (SSSR count). The minimum Gasteiger partial charge on any atom is -0.490 e. The predicted molar refractivity (Wildman–Crippen MR) is 186 cm³/mol. The summed E-state index contributed by atoms with van der Waals surface area (Å²) in [6, 6.07) is 22.9. The van der Waals surface area contributed by atoms with E-state index < -0.39 is 8.32 Å². The molecule has 0 bridgehead atoms. The lowest BCUT2D eigenvalue weighted by molar-refractivity contribution is 0.0692. The molecule has 0 spiro atoms. The fourth-order valence-corrected chi connectivity index (χ4v) is 6.44. The van der Waals surface area contributed by atoms with Crippen LogP contribution in [0.15, 0.2) is 78.9 Å². The Morgan fingerprint density at radius 2 is 1.56 bits per heavy atom. The van der Waals surface area contributed by atoms with E-state index in [0.717, 1.165) is 23.3 Å². The van der Waals surface area contributed by atoms with Crippen LogP contribution in [0.1, 0.15) is 45.2 Å². The van der Waals surface area contributed by atoms with Gasteiger partial charge in [-0.25, -0.2) is 4.79 Å². The zero-order valence-electron chi connectivity index (χ0n) is 27.1. The van der Waals surface area contributed by atoms with Crippen LogP contribution in [0.3, 0.4) is 0 Å². The molecule has 0 N–H and O–H groups in total. The Morgan fingerprint density at radius 1 is 0.911 bits per heavy atom. The number of halogens is 2. The second-order valence-electron chi connectivity index (χ2n) is 12.8. The average Bonchev–Trinajstić information content (AvgIpc) is 3.02. The van der Waals surface area contributed by atoms with Gasteiger partial charge in [-0.15, -0.1) is 0 Å². The van der Waals surface area contributed by atoms with Crippen LogP contribution in [-0.2, 0) is 15.8 Å². The molecule has 0 fully saturated rings. The molecule has 9 heteroatoms. The smallest absolute Gasteiger partial charge is 0.410 e. The Labute approximate surface area is 279 Å². The first kappa shape index (κ1) is 34.9. The van der Waals surface area contributed by atoms with E-state index in [9.17, 15) is 4.79 Å². The highest BCUT2D eigenvalue weighted by molar-refractivity contribution is 6.74. The molecule has 0 saturated carbocycles. The fourth-order valence-electron chi connectivity index (χ4n) is 4.91. The molecule has 0 aromatic heterocycles. The Hall–Kier alpha value is -2.97. The Morgan fingerprint density at radius 3 is 2.18 bits per heavy atom. The first-order chi connectivity index (χ1) is 21.4. The summed E-state index contributed by atoms with van der Waals surface area (Å²) in [5.41, 5.74) is 3.27. The van der Waals surface area contributed by atoms with Crippen LogP contribution >= 0.6 is 23.2 Å². The fraction of sp³-hybridized carbons (Fsp3) is 0.417. The van der Waals surface area contributed by atoms with Gasteiger partial charge < -0.3 is 18.6 Å². The van der Waals surface area contributed by atoms with Crippen LogP contribution in [-0.4, -0.2) is 51.7 Å². The van der Waals surface area contributed by atoms with Crippen molar-refractivity contribution >= 4 is 43.2 Å². The minimum atomic E-state index is -2.05. The van der Waals surface area contributed by atoms with Crippen LogP contribution in [0, 0.1) is 5.92 Å². The third-order valence-corrected chi connectivity index (χ3v) is 13.8. The number of benzene rings is 3. The van der Waals surface area contributed by atoms with Gasteiger partial charge in [-0.05, 0) is 65.5 Å². The third-order valence-electron chi connectivity index (χ3n) is 8.69. The molecule has 0 saturated heterocycles. The van der Waals surface area contributed by atoms with Crippen molar-refractivity contribution in [1.29, 1.82) is 0 Å². The maximum Gasteiger partial charge on any atom is 0.410 e. The number of carbonyl (C=O) groups is 1. The minimum absolute atomic E-state index is 0.0549. The summed E-state index contributed by atoms with van der Waals surface area (Å²) in [4.78, 5) is 15.3. The SMILES string of the molecule is CCC1CN(C(=O)OCc2ccccc2)C(CO[Si](C)(C)C(C)(C)C)C=C1c1ccc(OCCOc2c(Cl)cccc2Cl)cc1. The molecule has 1 aliphatic rings.